The number of carboxylic acid groups (broad SMARTS) is 1. The lowest BCUT2D eigenvalue weighted by molar-refractivity contribution is 0.0692. The van der Waals surface area contributed by atoms with Gasteiger partial charge in [-0.05, 0) is 41.3 Å². The van der Waals surface area contributed by atoms with Crippen LogP contribution in [-0.2, 0) is 6.61 Å². The lowest BCUT2D eigenvalue weighted by Gasteiger charge is -2.24. The third-order valence-electron chi connectivity index (χ3n) is 5.45. The zero-order valence-corrected chi connectivity index (χ0v) is 15.9. The van der Waals surface area contributed by atoms with Crippen molar-refractivity contribution in [3.05, 3.63) is 71.8 Å². The molecule has 0 radical (unpaired) electrons. The van der Waals surface area contributed by atoms with E-state index >= 15 is 0 Å². The highest BCUT2D eigenvalue weighted by molar-refractivity contribution is 5.91. The van der Waals surface area contributed by atoms with Gasteiger partial charge in [0.15, 0.2) is 0 Å². The zero-order valence-electron chi connectivity index (χ0n) is 15.9. The molecule has 0 unspecified atom stereocenters. The third kappa shape index (κ3) is 4.11. The van der Waals surface area contributed by atoms with E-state index in [4.69, 9.17) is 4.74 Å². The van der Waals surface area contributed by atoms with E-state index in [1.54, 1.807) is 6.07 Å². The molecule has 0 bridgehead atoms. The highest BCUT2D eigenvalue weighted by atomic mass is 16.5. The maximum atomic E-state index is 11.6. The molecule has 0 saturated heterocycles. The van der Waals surface area contributed by atoms with Gasteiger partial charge in [-0.1, -0.05) is 61.7 Å². The Labute approximate surface area is 165 Å². The Bertz CT molecular complexity index is 971. The van der Waals surface area contributed by atoms with Gasteiger partial charge in [-0.25, -0.2) is 4.79 Å². The first-order chi connectivity index (χ1) is 13.7. The Morgan fingerprint density at radius 1 is 1.00 bits per heavy atom. The quantitative estimate of drug-likeness (QED) is 0.566. The molecule has 0 aromatic heterocycles. The van der Waals surface area contributed by atoms with Crippen LogP contribution in [-0.4, -0.2) is 17.1 Å². The summed E-state index contributed by atoms with van der Waals surface area (Å²) in [6.07, 6.45) is 6.11. The summed E-state index contributed by atoms with van der Waals surface area (Å²) in [5.41, 5.74) is 2.15. The molecule has 4 nitrogen and oxygen atoms in total. The van der Waals surface area contributed by atoms with E-state index in [0.717, 1.165) is 34.9 Å². The summed E-state index contributed by atoms with van der Waals surface area (Å²) in [6.45, 7) is 0.328. The minimum Gasteiger partial charge on any atom is -0.488 e. The highest BCUT2D eigenvalue weighted by Crippen LogP contribution is 2.28. The van der Waals surface area contributed by atoms with Crippen LogP contribution in [0.15, 0.2) is 60.7 Å². The van der Waals surface area contributed by atoms with Crippen LogP contribution in [0.5, 0.6) is 5.75 Å². The topological polar surface area (TPSA) is 58.6 Å². The molecule has 144 valence electrons. The predicted octanol–water partition coefficient (Wildman–Crippen LogP) is 5.86. The fourth-order valence-corrected chi connectivity index (χ4v) is 3.96. The number of hydrogen-bond acceptors (Lipinski definition) is 3. The van der Waals surface area contributed by atoms with E-state index in [1.807, 2.05) is 36.4 Å². The molecule has 1 fully saturated rings. The van der Waals surface area contributed by atoms with Crippen molar-refractivity contribution in [1.82, 2.24) is 0 Å². The van der Waals surface area contributed by atoms with Crippen LogP contribution >= 0.6 is 0 Å². The Kier molecular flexibility index (Phi) is 5.47. The third-order valence-corrected chi connectivity index (χ3v) is 5.45. The van der Waals surface area contributed by atoms with E-state index in [0.29, 0.717) is 18.4 Å². The minimum absolute atomic E-state index is 0.189. The molecule has 1 aliphatic carbocycles. The van der Waals surface area contributed by atoms with Gasteiger partial charge in [0.25, 0.3) is 0 Å². The van der Waals surface area contributed by atoms with Crippen molar-refractivity contribution < 1.29 is 14.6 Å². The largest absolute Gasteiger partial charge is 0.488 e. The molecular weight excluding hydrogens is 350 g/mol. The standard InChI is InChI=1S/C24H25NO3/c26-24(27)22-14-13-20(25-19-10-2-1-3-11-19)15-23(22)28-16-18-9-6-8-17-7-4-5-12-21(17)18/h4-9,12-15,19,25H,1-3,10-11,16H2,(H,26,27). The molecule has 4 rings (SSSR count). The average Bonchev–Trinajstić information content (AvgIpc) is 2.73. The number of carboxylic acids is 1. The van der Waals surface area contributed by atoms with Gasteiger partial charge in [0.1, 0.15) is 17.9 Å². The fraction of sp³-hybridized carbons (Fsp3) is 0.292. The van der Waals surface area contributed by atoms with Crippen molar-refractivity contribution in [1.29, 1.82) is 0 Å². The number of benzene rings is 3. The second kappa shape index (κ2) is 8.34. The lowest BCUT2D eigenvalue weighted by Crippen LogP contribution is -2.22. The molecule has 3 aromatic carbocycles. The molecule has 0 amide bonds. The summed E-state index contributed by atoms with van der Waals surface area (Å²) in [6, 6.07) is 20.0. The van der Waals surface area contributed by atoms with Crippen molar-refractivity contribution in [2.75, 3.05) is 5.32 Å². The first-order valence-corrected chi connectivity index (χ1v) is 9.94. The van der Waals surface area contributed by atoms with Gasteiger partial charge in [0.05, 0.1) is 0 Å². The number of nitrogens with one attached hydrogen (secondary N) is 1. The molecule has 1 aliphatic rings. The van der Waals surface area contributed by atoms with Crippen LogP contribution < -0.4 is 10.1 Å². The van der Waals surface area contributed by atoms with E-state index in [9.17, 15) is 9.90 Å². The zero-order chi connectivity index (χ0) is 19.3. The van der Waals surface area contributed by atoms with Gasteiger partial charge in [-0.3, -0.25) is 0 Å². The smallest absolute Gasteiger partial charge is 0.339 e. The molecule has 2 N–H and O–H groups in total. The van der Waals surface area contributed by atoms with Gasteiger partial charge >= 0.3 is 5.97 Å². The van der Waals surface area contributed by atoms with Crippen LogP contribution in [0.2, 0.25) is 0 Å². The Balaban J connectivity index is 1.56. The molecular formula is C24H25NO3. The van der Waals surface area contributed by atoms with Crippen LogP contribution in [0.1, 0.15) is 48.0 Å². The van der Waals surface area contributed by atoms with Gasteiger partial charge in [0, 0.05) is 17.8 Å². The number of anilines is 1. The number of rotatable bonds is 6. The van der Waals surface area contributed by atoms with E-state index < -0.39 is 5.97 Å². The number of fused-ring (bicyclic) bond motifs is 1. The Morgan fingerprint density at radius 2 is 1.79 bits per heavy atom. The van der Waals surface area contributed by atoms with Crippen LogP contribution in [0.25, 0.3) is 10.8 Å². The maximum absolute atomic E-state index is 11.6. The average molecular weight is 375 g/mol. The second-order valence-corrected chi connectivity index (χ2v) is 7.42. The predicted molar refractivity (Wildman–Crippen MR) is 112 cm³/mol. The molecule has 1 saturated carbocycles. The van der Waals surface area contributed by atoms with Crippen LogP contribution in [0, 0.1) is 0 Å². The summed E-state index contributed by atoms with van der Waals surface area (Å²) < 4.78 is 6.00. The number of aromatic carboxylic acids is 1. The Morgan fingerprint density at radius 3 is 2.61 bits per heavy atom. The first-order valence-electron chi connectivity index (χ1n) is 9.94. The number of ether oxygens (including phenoxy) is 1. The normalized spacial score (nSPS) is 14.7. The second-order valence-electron chi connectivity index (χ2n) is 7.42. The molecule has 0 spiro atoms. The van der Waals surface area contributed by atoms with E-state index in [2.05, 4.69) is 23.5 Å². The molecule has 28 heavy (non-hydrogen) atoms. The van der Waals surface area contributed by atoms with Crippen molar-refractivity contribution in [3.63, 3.8) is 0 Å². The maximum Gasteiger partial charge on any atom is 0.339 e. The minimum atomic E-state index is -0.975. The summed E-state index contributed by atoms with van der Waals surface area (Å²) in [4.78, 5) is 11.6. The SMILES string of the molecule is O=C(O)c1ccc(NC2CCCCC2)cc1OCc1cccc2ccccc12. The van der Waals surface area contributed by atoms with E-state index in [-0.39, 0.29) is 5.56 Å². The first kappa shape index (κ1) is 18.4. The van der Waals surface area contributed by atoms with Crippen molar-refractivity contribution in [2.24, 2.45) is 0 Å². The van der Waals surface area contributed by atoms with Gasteiger partial charge < -0.3 is 15.2 Å². The monoisotopic (exact) mass is 375 g/mol. The van der Waals surface area contributed by atoms with Gasteiger partial charge in [-0.2, -0.15) is 0 Å². The highest BCUT2D eigenvalue weighted by Gasteiger charge is 2.16. The fourth-order valence-electron chi connectivity index (χ4n) is 3.96. The van der Waals surface area contributed by atoms with Gasteiger partial charge in [-0.15, -0.1) is 0 Å². The molecule has 3 aromatic rings. The number of carbonyl (C=O) groups is 1. The van der Waals surface area contributed by atoms with E-state index in [1.165, 1.54) is 19.3 Å². The molecule has 0 heterocycles. The molecule has 4 heteroatoms. The van der Waals surface area contributed by atoms with Crippen LogP contribution in [0.4, 0.5) is 5.69 Å². The summed E-state index contributed by atoms with van der Waals surface area (Å²) in [5, 5.41) is 15.4. The van der Waals surface area contributed by atoms with Crippen LogP contribution in [0.3, 0.4) is 0 Å². The van der Waals surface area contributed by atoms with Crippen molar-refractivity contribution in [2.45, 2.75) is 44.8 Å². The Hall–Kier alpha value is -3.01. The summed E-state index contributed by atoms with van der Waals surface area (Å²) in [5.74, 6) is -0.571. The molecule has 0 aliphatic heterocycles. The number of hydrogen-bond donors (Lipinski definition) is 2. The summed E-state index contributed by atoms with van der Waals surface area (Å²) >= 11 is 0. The molecule has 0 atom stereocenters. The van der Waals surface area contributed by atoms with Gasteiger partial charge in [0.2, 0.25) is 0 Å². The van der Waals surface area contributed by atoms with Crippen molar-refractivity contribution in [3.8, 4) is 5.75 Å². The van der Waals surface area contributed by atoms with Crippen molar-refractivity contribution >= 4 is 22.4 Å². The summed E-state index contributed by atoms with van der Waals surface area (Å²) in [7, 11) is 0. The lowest BCUT2D eigenvalue weighted by atomic mass is 9.95.